The zero-order chi connectivity index (χ0) is 9.10. The molecular formula is C7H10N4OS. The molecule has 6 heteroatoms. The highest BCUT2D eigenvalue weighted by atomic mass is 32.1. The molecule has 2 heterocycles. The lowest BCUT2D eigenvalue weighted by Crippen LogP contribution is -2.31. The first-order valence-corrected chi connectivity index (χ1v) is 4.92. The molecule has 1 unspecified atom stereocenters. The monoisotopic (exact) mass is 198 g/mol. The standard InChI is InChI=1S/C7H10N4OS/c12-6-2-1-5(11-6)3-8-7-9-4-10-13-7/h4-5H,1-3H2,(H,11,12)(H,8,9,10). The van der Waals surface area contributed by atoms with E-state index in [2.05, 4.69) is 20.0 Å². The third kappa shape index (κ3) is 2.15. The number of rotatable bonds is 3. The van der Waals surface area contributed by atoms with Gasteiger partial charge in [-0.25, -0.2) is 4.98 Å². The summed E-state index contributed by atoms with van der Waals surface area (Å²) < 4.78 is 3.86. The maximum Gasteiger partial charge on any atom is 0.220 e. The number of nitrogens with zero attached hydrogens (tertiary/aromatic N) is 2. The summed E-state index contributed by atoms with van der Waals surface area (Å²) in [6, 6.07) is 0.247. The van der Waals surface area contributed by atoms with Crippen LogP contribution in [-0.4, -0.2) is 27.9 Å². The van der Waals surface area contributed by atoms with Gasteiger partial charge in [-0.1, -0.05) is 0 Å². The summed E-state index contributed by atoms with van der Waals surface area (Å²) in [6.07, 6.45) is 3.06. The lowest BCUT2D eigenvalue weighted by atomic mass is 10.2. The van der Waals surface area contributed by atoms with Gasteiger partial charge in [0.15, 0.2) is 0 Å². The number of hydrogen-bond donors (Lipinski definition) is 2. The molecular weight excluding hydrogens is 188 g/mol. The lowest BCUT2D eigenvalue weighted by molar-refractivity contribution is -0.119. The van der Waals surface area contributed by atoms with Gasteiger partial charge in [0.2, 0.25) is 11.0 Å². The van der Waals surface area contributed by atoms with Gasteiger partial charge >= 0.3 is 0 Å². The first-order chi connectivity index (χ1) is 6.34. The van der Waals surface area contributed by atoms with E-state index in [1.807, 2.05) is 0 Å². The SMILES string of the molecule is O=C1CCC(CNc2ncns2)N1. The summed E-state index contributed by atoms with van der Waals surface area (Å²) in [6.45, 7) is 0.737. The summed E-state index contributed by atoms with van der Waals surface area (Å²) in [5.74, 6) is 0.143. The highest BCUT2D eigenvalue weighted by Crippen LogP contribution is 2.10. The van der Waals surface area contributed by atoms with Gasteiger partial charge in [0.05, 0.1) is 0 Å². The highest BCUT2D eigenvalue weighted by Gasteiger charge is 2.20. The number of carbonyl (C=O) groups excluding carboxylic acids is 1. The second-order valence-electron chi connectivity index (χ2n) is 2.93. The van der Waals surface area contributed by atoms with Gasteiger partial charge < -0.3 is 10.6 Å². The van der Waals surface area contributed by atoms with Gasteiger partial charge in [-0.3, -0.25) is 4.79 Å². The fraction of sp³-hybridized carbons (Fsp3) is 0.571. The average molecular weight is 198 g/mol. The van der Waals surface area contributed by atoms with Gasteiger partial charge in [0.25, 0.3) is 0 Å². The molecule has 70 valence electrons. The Kier molecular flexibility index (Phi) is 2.40. The molecule has 13 heavy (non-hydrogen) atoms. The number of aromatic nitrogens is 2. The van der Waals surface area contributed by atoms with Crippen LogP contribution in [0, 0.1) is 0 Å². The van der Waals surface area contributed by atoms with E-state index in [1.54, 1.807) is 0 Å². The van der Waals surface area contributed by atoms with Gasteiger partial charge in [-0.15, -0.1) is 0 Å². The molecule has 0 radical (unpaired) electrons. The van der Waals surface area contributed by atoms with Crippen molar-refractivity contribution in [1.29, 1.82) is 0 Å². The maximum absolute atomic E-state index is 10.9. The fourth-order valence-corrected chi connectivity index (χ4v) is 1.73. The van der Waals surface area contributed by atoms with E-state index in [4.69, 9.17) is 0 Å². The van der Waals surface area contributed by atoms with Gasteiger partial charge in [-0.05, 0) is 6.42 Å². The van der Waals surface area contributed by atoms with E-state index in [9.17, 15) is 4.79 Å². The zero-order valence-corrected chi connectivity index (χ0v) is 7.80. The van der Waals surface area contributed by atoms with Crippen molar-refractivity contribution in [2.24, 2.45) is 0 Å². The van der Waals surface area contributed by atoms with E-state index in [1.165, 1.54) is 17.9 Å². The number of carbonyl (C=O) groups is 1. The quantitative estimate of drug-likeness (QED) is 0.729. The second-order valence-corrected chi connectivity index (χ2v) is 3.71. The number of hydrogen-bond acceptors (Lipinski definition) is 5. The fourth-order valence-electron chi connectivity index (χ4n) is 1.29. The van der Waals surface area contributed by atoms with E-state index in [-0.39, 0.29) is 11.9 Å². The van der Waals surface area contributed by atoms with Gasteiger partial charge in [0, 0.05) is 30.5 Å². The smallest absolute Gasteiger partial charge is 0.220 e. The van der Waals surface area contributed by atoms with E-state index >= 15 is 0 Å². The molecule has 1 aromatic rings. The van der Waals surface area contributed by atoms with Crippen LogP contribution in [0.4, 0.5) is 5.13 Å². The highest BCUT2D eigenvalue weighted by molar-refractivity contribution is 7.09. The molecule has 2 N–H and O–H groups in total. The summed E-state index contributed by atoms with van der Waals surface area (Å²) in [7, 11) is 0. The minimum atomic E-state index is 0.143. The molecule has 0 bridgehead atoms. The van der Waals surface area contributed by atoms with Crippen LogP contribution in [0.3, 0.4) is 0 Å². The molecule has 1 fully saturated rings. The molecule has 1 aliphatic heterocycles. The van der Waals surface area contributed by atoms with Crippen LogP contribution in [0.2, 0.25) is 0 Å². The third-order valence-electron chi connectivity index (χ3n) is 1.95. The zero-order valence-electron chi connectivity index (χ0n) is 6.99. The predicted octanol–water partition coefficient (Wildman–Crippen LogP) is 0.229. The summed E-state index contributed by atoms with van der Waals surface area (Å²) >= 11 is 1.32. The summed E-state index contributed by atoms with van der Waals surface area (Å²) in [5, 5.41) is 6.80. The maximum atomic E-state index is 10.9. The van der Waals surface area contributed by atoms with Crippen LogP contribution >= 0.6 is 11.5 Å². The molecule has 1 atom stereocenters. The molecule has 1 saturated heterocycles. The molecule has 1 aliphatic rings. The van der Waals surface area contributed by atoms with E-state index in [0.717, 1.165) is 18.1 Å². The molecule has 5 nitrogen and oxygen atoms in total. The van der Waals surface area contributed by atoms with E-state index in [0.29, 0.717) is 6.42 Å². The second kappa shape index (κ2) is 3.69. The molecule has 0 aliphatic carbocycles. The van der Waals surface area contributed by atoms with Gasteiger partial charge in [0.1, 0.15) is 6.33 Å². The largest absolute Gasteiger partial charge is 0.358 e. The Balaban J connectivity index is 1.77. The van der Waals surface area contributed by atoms with Crippen molar-refractivity contribution in [2.75, 3.05) is 11.9 Å². The predicted molar refractivity (Wildman–Crippen MR) is 49.6 cm³/mol. The van der Waals surface area contributed by atoms with Crippen LogP contribution < -0.4 is 10.6 Å². The lowest BCUT2D eigenvalue weighted by Gasteiger charge is -2.09. The third-order valence-corrected chi connectivity index (χ3v) is 2.57. The normalized spacial score (nSPS) is 21.5. The van der Waals surface area contributed by atoms with Crippen LogP contribution in [0.15, 0.2) is 6.33 Å². The Morgan fingerprint density at radius 2 is 2.69 bits per heavy atom. The van der Waals surface area contributed by atoms with Crippen molar-refractivity contribution in [3.63, 3.8) is 0 Å². The minimum absolute atomic E-state index is 0.143. The Hall–Kier alpha value is -1.17. The van der Waals surface area contributed by atoms with E-state index < -0.39 is 0 Å². The Morgan fingerprint density at radius 3 is 3.31 bits per heavy atom. The molecule has 2 rings (SSSR count). The van der Waals surface area contributed by atoms with Crippen molar-refractivity contribution in [2.45, 2.75) is 18.9 Å². The number of anilines is 1. The average Bonchev–Trinajstić information content (AvgIpc) is 2.71. The van der Waals surface area contributed by atoms with Crippen molar-refractivity contribution >= 4 is 22.6 Å². The van der Waals surface area contributed by atoms with Crippen molar-refractivity contribution in [3.8, 4) is 0 Å². The van der Waals surface area contributed by atoms with Gasteiger partial charge in [-0.2, -0.15) is 4.37 Å². The molecule has 0 aromatic carbocycles. The van der Waals surface area contributed by atoms with Crippen LogP contribution in [-0.2, 0) is 4.79 Å². The molecule has 1 amide bonds. The first kappa shape index (κ1) is 8.43. The molecule has 1 aromatic heterocycles. The number of amides is 1. The topological polar surface area (TPSA) is 66.9 Å². The van der Waals surface area contributed by atoms with Crippen molar-refractivity contribution in [3.05, 3.63) is 6.33 Å². The van der Waals surface area contributed by atoms with Crippen LogP contribution in [0.1, 0.15) is 12.8 Å². The summed E-state index contributed by atoms with van der Waals surface area (Å²) in [5.41, 5.74) is 0. The number of nitrogens with one attached hydrogen (secondary N) is 2. The van der Waals surface area contributed by atoms with Crippen molar-refractivity contribution < 1.29 is 4.79 Å². The van der Waals surface area contributed by atoms with Crippen molar-refractivity contribution in [1.82, 2.24) is 14.7 Å². The summed E-state index contributed by atoms with van der Waals surface area (Å²) in [4.78, 5) is 14.8. The van der Waals surface area contributed by atoms with Crippen LogP contribution in [0.5, 0.6) is 0 Å². The minimum Gasteiger partial charge on any atom is -0.358 e. The Morgan fingerprint density at radius 1 is 1.77 bits per heavy atom. The first-order valence-electron chi connectivity index (χ1n) is 4.14. The Bertz CT molecular complexity index is 287. The Labute approximate surface area is 79.7 Å². The molecule has 0 saturated carbocycles. The molecule has 0 spiro atoms. The van der Waals surface area contributed by atoms with Crippen LogP contribution in [0.25, 0.3) is 0 Å².